The molecule has 4 nitrogen and oxygen atoms in total. The van der Waals surface area contributed by atoms with E-state index in [4.69, 9.17) is 4.99 Å². The quantitative estimate of drug-likeness (QED) is 0.122. The highest BCUT2D eigenvalue weighted by atomic mass is 19.1. The Bertz CT molecular complexity index is 1150. The van der Waals surface area contributed by atoms with Gasteiger partial charge in [-0.3, -0.25) is 9.79 Å². The maximum absolute atomic E-state index is 13.7. The van der Waals surface area contributed by atoms with Crippen LogP contribution in [0.2, 0.25) is 0 Å². The zero-order chi connectivity index (χ0) is 32.2. The van der Waals surface area contributed by atoms with Crippen molar-refractivity contribution < 1.29 is 13.6 Å². The largest absolute Gasteiger partial charge is 0.368 e. The zero-order valence-electron chi connectivity index (χ0n) is 28.4. The van der Waals surface area contributed by atoms with Crippen LogP contribution in [0.15, 0.2) is 58.3 Å². The van der Waals surface area contributed by atoms with Crippen molar-refractivity contribution in [1.82, 2.24) is 9.80 Å². The normalized spacial score (nSPS) is 19.3. The van der Waals surface area contributed by atoms with Gasteiger partial charge < -0.3 is 9.80 Å². The fourth-order valence-corrected chi connectivity index (χ4v) is 5.93. The third-order valence-electron chi connectivity index (χ3n) is 8.24. The summed E-state index contributed by atoms with van der Waals surface area (Å²) in [7, 11) is 0. The monoisotopic (exact) mass is 597 g/mol. The standard InChI is InChI=1S/C37H57F2N3O/c1-10-13-14-15-16-20-31(11-2)35(29(6)41-25-28(5)42(26-27(41)4)36(43)37(7,8)9)34(40-12-3)21-18-17-19-30-22-32(38)24-33(39)23-30/h11,16,20,22-24,27-28H,10,12-15,17-19,21,25-26H2,1-9H3/b20-16+,31-11-,35-29+,40-34?/t27-,28+/m0/s1. The van der Waals surface area contributed by atoms with Crippen LogP contribution in [0.4, 0.5) is 8.78 Å². The van der Waals surface area contributed by atoms with Crippen LogP contribution in [0.1, 0.15) is 113 Å². The second-order valence-corrected chi connectivity index (χ2v) is 13.1. The number of rotatable bonds is 14. The molecule has 0 aliphatic carbocycles. The second-order valence-electron chi connectivity index (χ2n) is 13.1. The summed E-state index contributed by atoms with van der Waals surface area (Å²) in [6.07, 6.45) is 14.5. The molecule has 0 bridgehead atoms. The van der Waals surface area contributed by atoms with E-state index < -0.39 is 17.0 Å². The number of hydrogen-bond acceptors (Lipinski definition) is 3. The van der Waals surface area contributed by atoms with Crippen molar-refractivity contribution in [3.63, 3.8) is 0 Å². The molecule has 0 aromatic heterocycles. The second kappa shape index (κ2) is 17.5. The molecule has 1 aromatic rings. The molecule has 43 heavy (non-hydrogen) atoms. The number of piperazine rings is 1. The van der Waals surface area contributed by atoms with Crippen molar-refractivity contribution in [3.8, 4) is 0 Å². The van der Waals surface area contributed by atoms with Gasteiger partial charge in [-0.1, -0.05) is 58.8 Å². The molecule has 1 aliphatic rings. The number of benzene rings is 1. The first-order valence-corrected chi connectivity index (χ1v) is 16.4. The average molecular weight is 598 g/mol. The maximum Gasteiger partial charge on any atom is 0.228 e. The first-order chi connectivity index (χ1) is 20.3. The van der Waals surface area contributed by atoms with Crippen molar-refractivity contribution in [2.45, 2.75) is 126 Å². The molecular formula is C37H57F2N3O. The predicted molar refractivity (Wildman–Crippen MR) is 178 cm³/mol. The predicted octanol–water partition coefficient (Wildman–Crippen LogP) is 9.46. The van der Waals surface area contributed by atoms with Crippen LogP contribution < -0.4 is 0 Å². The molecule has 1 aliphatic heterocycles. The topological polar surface area (TPSA) is 35.9 Å². The van der Waals surface area contributed by atoms with Gasteiger partial charge in [0.1, 0.15) is 11.6 Å². The zero-order valence-corrected chi connectivity index (χ0v) is 28.4. The van der Waals surface area contributed by atoms with Crippen molar-refractivity contribution in [1.29, 1.82) is 0 Å². The lowest BCUT2D eigenvalue weighted by Crippen LogP contribution is -2.59. The van der Waals surface area contributed by atoms with Gasteiger partial charge in [-0.25, -0.2) is 8.78 Å². The first-order valence-electron chi connectivity index (χ1n) is 16.4. The molecule has 6 heteroatoms. The number of hydrogen-bond donors (Lipinski definition) is 0. The Morgan fingerprint density at radius 1 is 0.977 bits per heavy atom. The van der Waals surface area contributed by atoms with E-state index in [1.54, 1.807) is 0 Å². The molecule has 1 saturated heterocycles. The van der Waals surface area contributed by atoms with Crippen LogP contribution >= 0.6 is 0 Å². The third kappa shape index (κ3) is 11.0. The molecule has 1 aromatic carbocycles. The highest BCUT2D eigenvalue weighted by Crippen LogP contribution is 2.30. The van der Waals surface area contributed by atoms with Gasteiger partial charge in [-0.15, -0.1) is 0 Å². The number of carbonyl (C=O) groups excluding carboxylic acids is 1. The maximum atomic E-state index is 13.7. The Labute approximate surface area is 261 Å². The van der Waals surface area contributed by atoms with Crippen LogP contribution in [0, 0.1) is 17.0 Å². The highest BCUT2D eigenvalue weighted by Gasteiger charge is 2.37. The lowest BCUT2D eigenvalue weighted by Gasteiger charge is -2.47. The Balaban J connectivity index is 2.40. The van der Waals surface area contributed by atoms with Gasteiger partial charge >= 0.3 is 0 Å². The molecule has 2 atom stereocenters. The van der Waals surface area contributed by atoms with Gasteiger partial charge in [0.2, 0.25) is 5.91 Å². The number of carbonyl (C=O) groups is 1. The summed E-state index contributed by atoms with van der Waals surface area (Å²) in [4.78, 5) is 22.8. The molecular weight excluding hydrogens is 540 g/mol. The molecule has 1 amide bonds. The summed E-state index contributed by atoms with van der Waals surface area (Å²) in [5.41, 5.74) is 4.88. The van der Waals surface area contributed by atoms with Gasteiger partial charge in [-0.2, -0.15) is 0 Å². The fourth-order valence-electron chi connectivity index (χ4n) is 5.93. The highest BCUT2D eigenvalue weighted by molar-refractivity contribution is 6.05. The SMILES string of the molecule is C/C=C(/C=C/CCCCC)C(\C(CCCCc1cc(F)cc(F)c1)=NCC)=C(\C)N1C[C@@H](C)N(C(=O)C(C)(C)C)C[C@@H]1C. The Hall–Kier alpha value is -2.76. The van der Waals surface area contributed by atoms with Crippen molar-refractivity contribution in [3.05, 3.63) is 70.5 Å². The number of nitrogens with zero attached hydrogens (tertiary/aromatic N) is 3. The summed E-state index contributed by atoms with van der Waals surface area (Å²) >= 11 is 0. The molecule has 0 unspecified atom stereocenters. The number of unbranched alkanes of at least 4 members (excludes halogenated alkanes) is 4. The minimum Gasteiger partial charge on any atom is -0.368 e. The van der Waals surface area contributed by atoms with Gasteiger partial charge in [0.25, 0.3) is 0 Å². The number of halogens is 2. The minimum atomic E-state index is -0.528. The minimum absolute atomic E-state index is 0.0935. The van der Waals surface area contributed by atoms with E-state index in [1.807, 2.05) is 20.8 Å². The molecule has 0 spiro atoms. The van der Waals surface area contributed by atoms with Crippen LogP contribution in [0.25, 0.3) is 0 Å². The lowest BCUT2D eigenvalue weighted by atomic mass is 9.91. The van der Waals surface area contributed by atoms with Gasteiger partial charge in [0, 0.05) is 60.2 Å². The molecule has 0 N–H and O–H groups in total. The average Bonchev–Trinajstić information content (AvgIpc) is 2.93. The van der Waals surface area contributed by atoms with E-state index in [9.17, 15) is 13.6 Å². The van der Waals surface area contributed by atoms with E-state index in [0.29, 0.717) is 25.1 Å². The van der Waals surface area contributed by atoms with Crippen LogP contribution in [0.5, 0.6) is 0 Å². The van der Waals surface area contributed by atoms with Crippen LogP contribution in [0.3, 0.4) is 0 Å². The Morgan fingerprint density at radius 2 is 1.60 bits per heavy atom. The molecule has 2 rings (SSSR count). The third-order valence-corrected chi connectivity index (χ3v) is 8.24. The van der Waals surface area contributed by atoms with Crippen molar-refractivity contribution >= 4 is 11.6 Å². The lowest BCUT2D eigenvalue weighted by molar-refractivity contribution is -0.145. The number of amides is 1. The summed E-state index contributed by atoms with van der Waals surface area (Å²) in [5, 5.41) is 0. The fraction of sp³-hybridized carbons (Fsp3) is 0.622. The Kier molecular flexibility index (Phi) is 14.8. The summed E-state index contributed by atoms with van der Waals surface area (Å²) in [6.45, 7) is 21.0. The van der Waals surface area contributed by atoms with Gasteiger partial charge in [0.15, 0.2) is 0 Å². The number of aryl methyl sites for hydroxylation is 1. The summed E-state index contributed by atoms with van der Waals surface area (Å²) < 4.78 is 27.4. The van der Waals surface area contributed by atoms with E-state index >= 15 is 0 Å². The first kappa shape index (κ1) is 36.4. The summed E-state index contributed by atoms with van der Waals surface area (Å²) in [6, 6.07) is 4.02. The van der Waals surface area contributed by atoms with E-state index in [0.717, 1.165) is 44.0 Å². The van der Waals surface area contributed by atoms with Gasteiger partial charge in [0.05, 0.1) is 0 Å². The van der Waals surface area contributed by atoms with Gasteiger partial charge in [-0.05, 0) is 96.4 Å². The molecule has 0 saturated carbocycles. The summed E-state index contributed by atoms with van der Waals surface area (Å²) in [5.74, 6) is -0.857. The molecule has 240 valence electrons. The van der Waals surface area contributed by atoms with E-state index in [-0.39, 0.29) is 18.0 Å². The smallest absolute Gasteiger partial charge is 0.228 e. The number of aliphatic imine (C=N–C) groups is 1. The van der Waals surface area contributed by atoms with Crippen LogP contribution in [-0.2, 0) is 11.2 Å². The molecule has 0 radical (unpaired) electrons. The molecule has 1 fully saturated rings. The molecule has 1 heterocycles. The van der Waals surface area contributed by atoms with E-state index in [1.165, 1.54) is 48.2 Å². The van der Waals surface area contributed by atoms with E-state index in [2.05, 4.69) is 69.6 Å². The Morgan fingerprint density at radius 3 is 2.19 bits per heavy atom. The van der Waals surface area contributed by atoms with Crippen LogP contribution in [-0.4, -0.2) is 53.1 Å². The number of allylic oxidation sites excluding steroid dienone is 6. The van der Waals surface area contributed by atoms with Crippen molar-refractivity contribution in [2.24, 2.45) is 10.4 Å². The van der Waals surface area contributed by atoms with Crippen molar-refractivity contribution in [2.75, 3.05) is 19.6 Å².